The number of hydrogen-bond donors (Lipinski definition) is 2. The maximum Gasteiger partial charge on any atom is 0.251 e. The van der Waals surface area contributed by atoms with Crippen molar-refractivity contribution in [2.24, 2.45) is 0 Å². The number of aryl methyl sites for hydroxylation is 1. The van der Waals surface area contributed by atoms with Crippen molar-refractivity contribution in [1.29, 1.82) is 0 Å². The van der Waals surface area contributed by atoms with Gasteiger partial charge in [0.25, 0.3) is 5.91 Å². The van der Waals surface area contributed by atoms with Crippen molar-refractivity contribution in [3.63, 3.8) is 0 Å². The van der Waals surface area contributed by atoms with Gasteiger partial charge in [0.1, 0.15) is 6.04 Å². The summed E-state index contributed by atoms with van der Waals surface area (Å²) in [6, 6.07) is 5.26. The third kappa shape index (κ3) is 2.30. The number of carbonyl (C=O) groups is 2. The van der Waals surface area contributed by atoms with Crippen molar-refractivity contribution in [2.75, 3.05) is 18.1 Å². The molecule has 0 spiro atoms. The van der Waals surface area contributed by atoms with E-state index in [1.807, 2.05) is 25.1 Å². The van der Waals surface area contributed by atoms with Gasteiger partial charge in [-0.15, -0.1) is 0 Å². The number of nitrogens with one attached hydrogen (secondary N) is 1. The number of hydrogen-bond acceptors (Lipinski definition) is 4. The number of amides is 2. The average molecular weight is 247 g/mol. The number of nitrogens with zero attached hydrogens (tertiary/aromatic N) is 1. The van der Waals surface area contributed by atoms with Crippen LogP contribution >= 0.6 is 0 Å². The Labute approximate surface area is 106 Å². The van der Waals surface area contributed by atoms with Crippen LogP contribution in [0.25, 0.3) is 0 Å². The standard InChI is InChI=1S/C13H17N3O2/c1-8-3-4-10(9(14)7-8)15-11-5-6-12(17)16(2)13(11)18/h3-4,7,11,15H,5-6,14H2,1-2H3. The van der Waals surface area contributed by atoms with Gasteiger partial charge in [-0.3, -0.25) is 14.5 Å². The zero-order valence-electron chi connectivity index (χ0n) is 10.6. The molecule has 0 saturated carbocycles. The first-order chi connectivity index (χ1) is 8.49. The van der Waals surface area contributed by atoms with E-state index in [1.165, 1.54) is 11.9 Å². The molecule has 96 valence electrons. The van der Waals surface area contributed by atoms with E-state index in [-0.39, 0.29) is 17.9 Å². The van der Waals surface area contributed by atoms with E-state index >= 15 is 0 Å². The molecule has 5 heteroatoms. The van der Waals surface area contributed by atoms with Crippen molar-refractivity contribution in [2.45, 2.75) is 25.8 Å². The van der Waals surface area contributed by atoms with Crippen LogP contribution in [0.3, 0.4) is 0 Å². The quantitative estimate of drug-likeness (QED) is 0.607. The summed E-state index contributed by atoms with van der Waals surface area (Å²) in [6.45, 7) is 1.96. The van der Waals surface area contributed by atoms with Crippen molar-refractivity contribution < 1.29 is 9.59 Å². The molecule has 0 aromatic heterocycles. The highest BCUT2D eigenvalue weighted by atomic mass is 16.2. The molecule has 0 bridgehead atoms. The average Bonchev–Trinajstić information content (AvgIpc) is 2.33. The Morgan fingerprint density at radius 1 is 1.39 bits per heavy atom. The van der Waals surface area contributed by atoms with Crippen LogP contribution in [0.2, 0.25) is 0 Å². The molecule has 1 aliphatic rings. The number of rotatable bonds is 2. The van der Waals surface area contributed by atoms with E-state index in [0.717, 1.165) is 11.3 Å². The van der Waals surface area contributed by atoms with E-state index < -0.39 is 0 Å². The minimum absolute atomic E-state index is 0.130. The van der Waals surface area contributed by atoms with Crippen molar-refractivity contribution in [1.82, 2.24) is 4.90 Å². The van der Waals surface area contributed by atoms with Crippen molar-refractivity contribution in [3.8, 4) is 0 Å². The number of nitrogens with two attached hydrogens (primary N) is 1. The van der Waals surface area contributed by atoms with Crippen molar-refractivity contribution >= 4 is 23.2 Å². The molecular weight excluding hydrogens is 230 g/mol. The van der Waals surface area contributed by atoms with Crippen LogP contribution in [-0.2, 0) is 9.59 Å². The van der Waals surface area contributed by atoms with Gasteiger partial charge in [0, 0.05) is 13.5 Å². The number of likely N-dealkylation sites (N-methyl/N-ethyl adjacent to an activating group) is 1. The Bertz CT molecular complexity index is 499. The molecule has 1 aromatic carbocycles. The molecule has 0 aliphatic carbocycles. The summed E-state index contributed by atoms with van der Waals surface area (Å²) in [4.78, 5) is 24.5. The van der Waals surface area contributed by atoms with Gasteiger partial charge in [-0.1, -0.05) is 6.07 Å². The second kappa shape index (κ2) is 4.68. The summed E-state index contributed by atoms with van der Waals surface area (Å²) < 4.78 is 0. The highest BCUT2D eigenvalue weighted by Crippen LogP contribution is 2.23. The Morgan fingerprint density at radius 2 is 2.11 bits per heavy atom. The minimum Gasteiger partial charge on any atom is -0.397 e. The van der Waals surface area contributed by atoms with Gasteiger partial charge >= 0.3 is 0 Å². The summed E-state index contributed by atoms with van der Waals surface area (Å²) in [7, 11) is 1.51. The van der Waals surface area contributed by atoms with E-state index in [9.17, 15) is 9.59 Å². The van der Waals surface area contributed by atoms with Crippen LogP contribution in [0.5, 0.6) is 0 Å². The van der Waals surface area contributed by atoms with Gasteiger partial charge in [0.15, 0.2) is 0 Å². The molecular formula is C13H17N3O2. The third-order valence-electron chi connectivity index (χ3n) is 3.19. The summed E-state index contributed by atoms with van der Waals surface area (Å²) in [5.74, 6) is -0.332. The minimum atomic E-state index is -0.377. The highest BCUT2D eigenvalue weighted by Gasteiger charge is 2.31. The molecule has 3 N–H and O–H groups in total. The van der Waals surface area contributed by atoms with Crippen LogP contribution < -0.4 is 11.1 Å². The molecule has 1 aliphatic heterocycles. The second-order valence-corrected chi connectivity index (χ2v) is 4.62. The summed E-state index contributed by atoms with van der Waals surface area (Å²) >= 11 is 0. The highest BCUT2D eigenvalue weighted by molar-refractivity contribution is 6.01. The fraction of sp³-hybridized carbons (Fsp3) is 0.385. The number of nitrogen functional groups attached to an aromatic ring is 1. The molecule has 18 heavy (non-hydrogen) atoms. The lowest BCUT2D eigenvalue weighted by Crippen LogP contribution is -2.48. The molecule has 1 heterocycles. The van der Waals surface area contributed by atoms with Crippen LogP contribution in [-0.4, -0.2) is 29.8 Å². The first-order valence-electron chi connectivity index (χ1n) is 5.92. The van der Waals surface area contributed by atoms with E-state index in [4.69, 9.17) is 5.73 Å². The third-order valence-corrected chi connectivity index (χ3v) is 3.19. The molecule has 1 unspecified atom stereocenters. The summed E-state index contributed by atoms with van der Waals surface area (Å²) in [6.07, 6.45) is 0.890. The Hall–Kier alpha value is -2.04. The summed E-state index contributed by atoms with van der Waals surface area (Å²) in [5.41, 5.74) is 8.31. The van der Waals surface area contributed by atoms with Gasteiger partial charge in [-0.25, -0.2) is 0 Å². The lowest BCUT2D eigenvalue weighted by Gasteiger charge is -2.29. The number of benzene rings is 1. The van der Waals surface area contributed by atoms with Gasteiger partial charge in [-0.2, -0.15) is 0 Å². The van der Waals surface area contributed by atoms with E-state index in [1.54, 1.807) is 0 Å². The normalized spacial score (nSPS) is 20.1. The first-order valence-corrected chi connectivity index (χ1v) is 5.92. The fourth-order valence-electron chi connectivity index (χ4n) is 2.05. The van der Waals surface area contributed by atoms with Crippen LogP contribution in [0.1, 0.15) is 18.4 Å². The Kier molecular flexibility index (Phi) is 3.23. The van der Waals surface area contributed by atoms with Crippen LogP contribution in [0, 0.1) is 6.92 Å². The Morgan fingerprint density at radius 3 is 2.78 bits per heavy atom. The predicted molar refractivity (Wildman–Crippen MR) is 70.0 cm³/mol. The van der Waals surface area contributed by atoms with Gasteiger partial charge in [0.2, 0.25) is 5.91 Å². The Balaban J connectivity index is 2.14. The SMILES string of the molecule is Cc1ccc(NC2CCC(=O)N(C)C2=O)c(N)c1. The second-order valence-electron chi connectivity index (χ2n) is 4.62. The molecule has 1 saturated heterocycles. The lowest BCUT2D eigenvalue weighted by molar-refractivity contribution is -0.146. The monoisotopic (exact) mass is 247 g/mol. The van der Waals surface area contributed by atoms with Gasteiger partial charge in [0.05, 0.1) is 11.4 Å². The zero-order chi connectivity index (χ0) is 13.3. The maximum absolute atomic E-state index is 11.9. The molecule has 2 rings (SSSR count). The zero-order valence-corrected chi connectivity index (χ0v) is 10.6. The van der Waals surface area contributed by atoms with Crippen LogP contribution in [0.4, 0.5) is 11.4 Å². The van der Waals surface area contributed by atoms with Gasteiger partial charge < -0.3 is 11.1 Å². The number of likely N-dealkylation sites (tertiary alicyclic amines) is 1. The molecule has 0 radical (unpaired) electrons. The van der Waals surface area contributed by atoms with E-state index in [0.29, 0.717) is 18.5 Å². The topological polar surface area (TPSA) is 75.4 Å². The molecule has 5 nitrogen and oxygen atoms in total. The van der Waals surface area contributed by atoms with Crippen molar-refractivity contribution in [3.05, 3.63) is 23.8 Å². The molecule has 2 amide bonds. The molecule has 1 atom stereocenters. The van der Waals surface area contributed by atoms with Gasteiger partial charge in [-0.05, 0) is 31.0 Å². The largest absolute Gasteiger partial charge is 0.397 e. The lowest BCUT2D eigenvalue weighted by atomic mass is 10.0. The fourth-order valence-corrected chi connectivity index (χ4v) is 2.05. The maximum atomic E-state index is 11.9. The molecule has 1 aromatic rings. The predicted octanol–water partition coefficient (Wildman–Crippen LogP) is 1.14. The number of imide groups is 1. The summed E-state index contributed by atoms with van der Waals surface area (Å²) in [5, 5.41) is 3.11. The number of piperidine rings is 1. The first kappa shape index (κ1) is 12.4. The molecule has 1 fully saturated rings. The number of carbonyl (C=O) groups excluding carboxylic acids is 2. The smallest absolute Gasteiger partial charge is 0.251 e. The van der Waals surface area contributed by atoms with E-state index in [2.05, 4.69) is 5.32 Å². The number of anilines is 2. The van der Waals surface area contributed by atoms with Crippen LogP contribution in [0.15, 0.2) is 18.2 Å².